The van der Waals surface area contributed by atoms with Gasteiger partial charge in [0.1, 0.15) is 11.9 Å². The molecule has 2 unspecified atom stereocenters. The molecular weight excluding hydrogens is 203 g/mol. The number of piperidine rings is 1. The monoisotopic (exact) mass is 216 g/mol. The van der Waals surface area contributed by atoms with E-state index in [9.17, 15) is 4.39 Å². The Hall–Kier alpha value is -1.56. The van der Waals surface area contributed by atoms with Crippen LogP contribution in [0.2, 0.25) is 0 Å². The zero-order valence-electron chi connectivity index (χ0n) is 8.99. The topological polar surface area (TPSA) is 27.0 Å². The van der Waals surface area contributed by atoms with E-state index in [0.29, 0.717) is 6.04 Å². The average Bonchev–Trinajstić information content (AvgIpc) is 2.90. The summed E-state index contributed by atoms with van der Waals surface area (Å²) >= 11 is 0. The van der Waals surface area contributed by atoms with E-state index in [2.05, 4.69) is 4.90 Å². The maximum Gasteiger partial charge on any atom is 0.143 e. The molecule has 2 aliphatic rings. The third-order valence-corrected chi connectivity index (χ3v) is 3.81. The molecule has 82 valence electrons. The highest BCUT2D eigenvalue weighted by molar-refractivity contribution is 5.52. The lowest BCUT2D eigenvalue weighted by atomic mass is 10.1. The van der Waals surface area contributed by atoms with Gasteiger partial charge < -0.3 is 4.90 Å². The van der Waals surface area contributed by atoms with E-state index in [1.54, 1.807) is 6.07 Å². The second-order valence-corrected chi connectivity index (χ2v) is 4.76. The fraction of sp³-hybridized carbons (Fsp3) is 0.462. The highest BCUT2D eigenvalue weighted by Gasteiger charge is 2.37. The van der Waals surface area contributed by atoms with Crippen LogP contribution in [0.3, 0.4) is 0 Å². The molecule has 3 heteroatoms. The molecule has 1 aliphatic heterocycles. The van der Waals surface area contributed by atoms with Crippen molar-refractivity contribution in [2.24, 2.45) is 5.92 Å². The van der Waals surface area contributed by atoms with E-state index >= 15 is 0 Å². The Bertz CT molecular complexity index is 463. The molecule has 2 nitrogen and oxygen atoms in total. The highest BCUT2D eigenvalue weighted by Crippen LogP contribution is 2.40. The highest BCUT2D eigenvalue weighted by atomic mass is 19.1. The van der Waals surface area contributed by atoms with Gasteiger partial charge in [0.05, 0.1) is 5.56 Å². The Labute approximate surface area is 94.3 Å². The number of halogens is 1. The predicted octanol–water partition coefficient (Wildman–Crippen LogP) is 2.69. The van der Waals surface area contributed by atoms with Crippen LogP contribution in [-0.2, 0) is 0 Å². The lowest BCUT2D eigenvalue weighted by Crippen LogP contribution is -2.31. The van der Waals surface area contributed by atoms with Gasteiger partial charge >= 0.3 is 0 Å². The average molecular weight is 216 g/mol. The number of benzene rings is 1. The van der Waals surface area contributed by atoms with Crippen molar-refractivity contribution in [1.82, 2.24) is 0 Å². The third-order valence-electron chi connectivity index (χ3n) is 3.81. The van der Waals surface area contributed by atoms with E-state index in [0.717, 1.165) is 18.2 Å². The molecule has 1 aromatic carbocycles. The predicted molar refractivity (Wildman–Crippen MR) is 59.6 cm³/mol. The number of nitriles is 1. The summed E-state index contributed by atoms with van der Waals surface area (Å²) in [4.78, 5) is 2.29. The van der Waals surface area contributed by atoms with Crippen molar-refractivity contribution in [1.29, 1.82) is 5.26 Å². The van der Waals surface area contributed by atoms with E-state index < -0.39 is 5.82 Å². The molecule has 0 spiro atoms. The van der Waals surface area contributed by atoms with E-state index in [4.69, 9.17) is 5.26 Å². The molecule has 2 atom stereocenters. The van der Waals surface area contributed by atoms with Crippen LogP contribution in [0, 0.1) is 23.1 Å². The van der Waals surface area contributed by atoms with Gasteiger partial charge in [-0.3, -0.25) is 0 Å². The molecule has 1 saturated heterocycles. The molecule has 1 aliphatic carbocycles. The summed E-state index contributed by atoms with van der Waals surface area (Å²) in [7, 11) is 0. The maximum absolute atomic E-state index is 13.5. The summed E-state index contributed by atoms with van der Waals surface area (Å²) in [6.45, 7) is 1.05. The van der Waals surface area contributed by atoms with Crippen molar-refractivity contribution in [2.75, 3.05) is 11.4 Å². The number of nitrogens with zero attached hydrogens (tertiary/aromatic N) is 2. The van der Waals surface area contributed by atoms with E-state index in [-0.39, 0.29) is 5.56 Å². The molecule has 2 bridgehead atoms. The van der Waals surface area contributed by atoms with E-state index in [1.807, 2.05) is 12.1 Å². The molecular formula is C13H13FN2. The first kappa shape index (κ1) is 9.65. The quantitative estimate of drug-likeness (QED) is 0.721. The minimum absolute atomic E-state index is 0.133. The summed E-state index contributed by atoms with van der Waals surface area (Å²) in [6.07, 6.45) is 3.80. The molecule has 0 N–H and O–H groups in total. The number of rotatable bonds is 1. The fourth-order valence-electron chi connectivity index (χ4n) is 3.01. The minimum atomic E-state index is -0.400. The second kappa shape index (κ2) is 3.48. The molecule has 2 fully saturated rings. The molecule has 1 saturated carbocycles. The normalized spacial score (nSPS) is 27.1. The number of anilines is 1. The van der Waals surface area contributed by atoms with Crippen LogP contribution in [0.5, 0.6) is 0 Å². The number of hydrogen-bond acceptors (Lipinski definition) is 2. The van der Waals surface area contributed by atoms with Crippen molar-refractivity contribution < 1.29 is 4.39 Å². The smallest absolute Gasteiger partial charge is 0.143 e. The summed E-state index contributed by atoms with van der Waals surface area (Å²) in [5.41, 5.74) is 1.07. The van der Waals surface area contributed by atoms with Gasteiger partial charge in [0, 0.05) is 18.3 Å². The van der Waals surface area contributed by atoms with Crippen molar-refractivity contribution >= 4 is 5.69 Å². The van der Waals surface area contributed by atoms with Crippen LogP contribution in [0.15, 0.2) is 18.2 Å². The SMILES string of the molecule is N#Cc1ccc(N2CC3CCC2C3)cc1F. The van der Waals surface area contributed by atoms with Gasteiger partial charge in [0.25, 0.3) is 0 Å². The van der Waals surface area contributed by atoms with Gasteiger partial charge in [-0.2, -0.15) is 5.26 Å². The summed E-state index contributed by atoms with van der Waals surface area (Å²) < 4.78 is 13.5. The second-order valence-electron chi connectivity index (χ2n) is 4.76. The van der Waals surface area contributed by atoms with Gasteiger partial charge in [-0.25, -0.2) is 4.39 Å². The molecule has 0 radical (unpaired) electrons. The van der Waals surface area contributed by atoms with Gasteiger partial charge in [-0.1, -0.05) is 0 Å². The first-order valence-corrected chi connectivity index (χ1v) is 5.74. The Morgan fingerprint density at radius 1 is 1.38 bits per heavy atom. The van der Waals surface area contributed by atoms with Gasteiger partial charge in [-0.05, 0) is 43.4 Å². The van der Waals surface area contributed by atoms with Crippen molar-refractivity contribution in [3.05, 3.63) is 29.6 Å². The van der Waals surface area contributed by atoms with Crippen LogP contribution in [0.25, 0.3) is 0 Å². The van der Waals surface area contributed by atoms with Crippen LogP contribution in [-0.4, -0.2) is 12.6 Å². The largest absolute Gasteiger partial charge is 0.368 e. The maximum atomic E-state index is 13.5. The fourth-order valence-corrected chi connectivity index (χ4v) is 3.01. The summed E-state index contributed by atoms with van der Waals surface area (Å²) in [5.74, 6) is 0.395. The molecule has 16 heavy (non-hydrogen) atoms. The van der Waals surface area contributed by atoms with Crippen LogP contribution < -0.4 is 4.90 Å². The minimum Gasteiger partial charge on any atom is -0.368 e. The Balaban J connectivity index is 1.91. The Kier molecular flexibility index (Phi) is 2.10. The zero-order valence-corrected chi connectivity index (χ0v) is 8.99. The van der Waals surface area contributed by atoms with Crippen LogP contribution in [0.1, 0.15) is 24.8 Å². The third kappa shape index (κ3) is 1.37. The summed E-state index contributed by atoms with van der Waals surface area (Å²) in [5, 5.41) is 8.68. The van der Waals surface area contributed by atoms with Crippen molar-refractivity contribution in [3.63, 3.8) is 0 Å². The first-order chi connectivity index (χ1) is 7.78. The van der Waals surface area contributed by atoms with Crippen molar-refractivity contribution in [2.45, 2.75) is 25.3 Å². The zero-order chi connectivity index (χ0) is 11.1. The van der Waals surface area contributed by atoms with Crippen LogP contribution >= 0.6 is 0 Å². The summed E-state index contributed by atoms with van der Waals surface area (Å²) in [6, 6.07) is 7.39. The first-order valence-electron chi connectivity index (χ1n) is 5.74. The molecule has 0 amide bonds. The Morgan fingerprint density at radius 2 is 2.25 bits per heavy atom. The van der Waals surface area contributed by atoms with Gasteiger partial charge in [0.15, 0.2) is 0 Å². The standard InChI is InChI=1S/C13H13FN2/c14-13-6-12(4-2-10(13)7-15)16-8-9-1-3-11(16)5-9/h2,4,6,9,11H,1,3,5,8H2. The van der Waals surface area contributed by atoms with Crippen LogP contribution in [0.4, 0.5) is 10.1 Å². The molecule has 3 rings (SSSR count). The Morgan fingerprint density at radius 3 is 2.81 bits per heavy atom. The van der Waals surface area contributed by atoms with Crippen molar-refractivity contribution in [3.8, 4) is 6.07 Å². The molecule has 1 heterocycles. The number of fused-ring (bicyclic) bond motifs is 2. The van der Waals surface area contributed by atoms with Gasteiger partial charge in [0.2, 0.25) is 0 Å². The molecule has 0 aromatic heterocycles. The molecule has 1 aromatic rings. The lowest BCUT2D eigenvalue weighted by molar-refractivity contribution is 0.551. The lowest BCUT2D eigenvalue weighted by Gasteiger charge is -2.29. The van der Waals surface area contributed by atoms with E-state index in [1.165, 1.54) is 25.3 Å². The van der Waals surface area contributed by atoms with Gasteiger partial charge in [-0.15, -0.1) is 0 Å². The number of hydrogen-bond donors (Lipinski definition) is 0.